The topological polar surface area (TPSA) is 67.4 Å². The average Bonchev–Trinajstić information content (AvgIpc) is 3.25. The Bertz CT molecular complexity index is 1060. The van der Waals surface area contributed by atoms with Crippen molar-refractivity contribution in [1.82, 2.24) is 10.6 Å². The van der Waals surface area contributed by atoms with Gasteiger partial charge in [0.05, 0.1) is 12.2 Å². The van der Waals surface area contributed by atoms with Crippen molar-refractivity contribution < 1.29 is 14.3 Å². The lowest BCUT2D eigenvalue weighted by atomic mass is 10.0. The van der Waals surface area contributed by atoms with Crippen LogP contribution in [0.1, 0.15) is 298 Å². The lowest BCUT2D eigenvalue weighted by Gasteiger charge is -2.14. The summed E-state index contributed by atoms with van der Waals surface area (Å²) in [6.45, 7) is 8.77. The molecule has 0 aliphatic carbocycles. The van der Waals surface area contributed by atoms with Crippen LogP contribution in [-0.2, 0) is 0 Å². The molecule has 5 heteroatoms. The quantitative estimate of drug-likeness (QED) is 0.0644. The lowest BCUT2D eigenvalue weighted by molar-refractivity contribution is 0.0937. The minimum absolute atomic E-state index is 0.0805. The molecule has 0 aliphatic rings. The van der Waals surface area contributed by atoms with Crippen LogP contribution in [0.2, 0.25) is 0 Å². The van der Waals surface area contributed by atoms with E-state index in [0.29, 0.717) is 36.6 Å². The molecule has 0 bridgehead atoms. The van der Waals surface area contributed by atoms with Crippen molar-refractivity contribution in [3.63, 3.8) is 0 Å². The van der Waals surface area contributed by atoms with E-state index in [9.17, 15) is 9.59 Å². The molecule has 0 heterocycles. The summed E-state index contributed by atoms with van der Waals surface area (Å²) in [5.74, 6) is 0.354. The Morgan fingerprint density at radius 2 is 0.661 bits per heavy atom. The molecule has 0 unspecified atom stereocenters. The predicted molar refractivity (Wildman–Crippen MR) is 258 cm³/mol. The third-order valence-corrected chi connectivity index (χ3v) is 12.4. The SMILES string of the molecule is CCCCCCCCCCCCCCCCCCNC(=O)c1ccc(C(=O)NCCCCCCCCCCCCCCCCCC)c(OCCCCCCCCCC)c1. The molecule has 1 rings (SSSR count). The summed E-state index contributed by atoms with van der Waals surface area (Å²) in [6.07, 6.45) is 52.8. The van der Waals surface area contributed by atoms with Gasteiger partial charge in [-0.2, -0.15) is 0 Å². The van der Waals surface area contributed by atoms with Gasteiger partial charge in [-0.1, -0.05) is 258 Å². The molecule has 2 amide bonds. The molecule has 0 saturated carbocycles. The van der Waals surface area contributed by atoms with E-state index in [1.807, 2.05) is 0 Å². The van der Waals surface area contributed by atoms with E-state index in [-0.39, 0.29) is 11.8 Å². The first-order valence-corrected chi connectivity index (χ1v) is 26.5. The van der Waals surface area contributed by atoms with Crippen LogP contribution in [0.15, 0.2) is 18.2 Å². The highest BCUT2D eigenvalue weighted by atomic mass is 16.5. The molecule has 1 aromatic carbocycles. The van der Waals surface area contributed by atoms with Gasteiger partial charge in [0.1, 0.15) is 5.75 Å². The molecule has 59 heavy (non-hydrogen) atoms. The van der Waals surface area contributed by atoms with Crippen LogP contribution in [0, 0.1) is 0 Å². The van der Waals surface area contributed by atoms with Gasteiger partial charge in [-0.15, -0.1) is 0 Å². The van der Waals surface area contributed by atoms with Crippen LogP contribution in [0.5, 0.6) is 5.75 Å². The Morgan fingerprint density at radius 1 is 0.373 bits per heavy atom. The highest BCUT2D eigenvalue weighted by Crippen LogP contribution is 2.22. The highest BCUT2D eigenvalue weighted by Gasteiger charge is 2.16. The largest absolute Gasteiger partial charge is 0.493 e. The molecule has 0 spiro atoms. The number of amides is 2. The zero-order chi connectivity index (χ0) is 42.5. The maximum atomic E-state index is 13.3. The van der Waals surface area contributed by atoms with Gasteiger partial charge in [-0.05, 0) is 37.5 Å². The molecule has 0 saturated heterocycles. The zero-order valence-corrected chi connectivity index (χ0v) is 39.9. The molecule has 0 aliphatic heterocycles. The van der Waals surface area contributed by atoms with Crippen molar-refractivity contribution in [2.45, 2.75) is 278 Å². The number of unbranched alkanes of at least 4 members (excludes halogenated alkanes) is 37. The summed E-state index contributed by atoms with van der Waals surface area (Å²) in [6, 6.07) is 5.36. The summed E-state index contributed by atoms with van der Waals surface area (Å²) in [4.78, 5) is 26.5. The number of rotatable bonds is 46. The van der Waals surface area contributed by atoms with Crippen LogP contribution in [0.25, 0.3) is 0 Å². The third-order valence-electron chi connectivity index (χ3n) is 12.4. The van der Waals surface area contributed by atoms with Gasteiger partial charge in [0.25, 0.3) is 11.8 Å². The van der Waals surface area contributed by atoms with Gasteiger partial charge in [0, 0.05) is 18.7 Å². The molecular formula is C54H100N2O3. The van der Waals surface area contributed by atoms with E-state index in [4.69, 9.17) is 4.74 Å². The fraction of sp³-hybridized carbons (Fsp3) is 0.852. The molecule has 5 nitrogen and oxygen atoms in total. The molecule has 0 fully saturated rings. The molecule has 0 aromatic heterocycles. The number of carbonyl (C=O) groups is 2. The normalized spacial score (nSPS) is 11.3. The molecule has 0 radical (unpaired) electrons. The molecule has 2 N–H and O–H groups in total. The Labute approximate surface area is 367 Å². The standard InChI is InChI=1S/C54H100N2O3/c1-4-7-10-13-16-19-21-23-25-27-29-31-33-35-38-41-46-55-53(57)50-44-45-51(52(49-50)59-48-43-40-37-18-15-12-9-6-3)54(58)56-47-42-39-36-34-32-30-28-26-24-22-20-17-14-11-8-5-2/h44-45,49H,4-43,46-48H2,1-3H3,(H,55,57)(H,56,58). The second-order valence-electron chi connectivity index (χ2n) is 18.2. The van der Waals surface area contributed by atoms with Gasteiger partial charge in [0.2, 0.25) is 0 Å². The number of benzene rings is 1. The van der Waals surface area contributed by atoms with Gasteiger partial charge < -0.3 is 15.4 Å². The first kappa shape index (κ1) is 55.0. The maximum Gasteiger partial charge on any atom is 0.255 e. The van der Waals surface area contributed by atoms with Gasteiger partial charge in [-0.25, -0.2) is 0 Å². The Hall–Kier alpha value is -2.04. The summed E-state index contributed by atoms with van der Waals surface area (Å²) >= 11 is 0. The van der Waals surface area contributed by atoms with Crippen LogP contribution in [0.3, 0.4) is 0 Å². The predicted octanol–water partition coefficient (Wildman–Crippen LogP) is 17.2. The van der Waals surface area contributed by atoms with E-state index in [0.717, 1.165) is 38.5 Å². The van der Waals surface area contributed by atoms with E-state index in [1.165, 1.54) is 218 Å². The van der Waals surface area contributed by atoms with Crippen molar-refractivity contribution >= 4 is 11.8 Å². The average molecular weight is 825 g/mol. The number of ether oxygens (including phenoxy) is 1. The van der Waals surface area contributed by atoms with Crippen molar-refractivity contribution in [1.29, 1.82) is 0 Å². The van der Waals surface area contributed by atoms with Crippen molar-refractivity contribution in [2.24, 2.45) is 0 Å². The fourth-order valence-electron chi connectivity index (χ4n) is 8.34. The molecule has 1 aromatic rings. The molecule has 344 valence electrons. The second-order valence-corrected chi connectivity index (χ2v) is 18.2. The van der Waals surface area contributed by atoms with Gasteiger partial charge >= 0.3 is 0 Å². The number of hydrogen-bond acceptors (Lipinski definition) is 3. The number of nitrogens with one attached hydrogen (secondary N) is 2. The number of carbonyl (C=O) groups excluding carboxylic acids is 2. The van der Waals surface area contributed by atoms with Crippen LogP contribution < -0.4 is 15.4 Å². The number of hydrogen-bond donors (Lipinski definition) is 2. The van der Waals surface area contributed by atoms with E-state index < -0.39 is 0 Å². The zero-order valence-electron chi connectivity index (χ0n) is 39.9. The summed E-state index contributed by atoms with van der Waals surface area (Å²) in [5, 5.41) is 6.26. The molecular weight excluding hydrogens is 725 g/mol. The Balaban J connectivity index is 2.33. The first-order valence-electron chi connectivity index (χ1n) is 26.5. The van der Waals surface area contributed by atoms with Crippen molar-refractivity contribution in [3.05, 3.63) is 29.3 Å². The first-order chi connectivity index (χ1) is 29.1. The van der Waals surface area contributed by atoms with Crippen LogP contribution >= 0.6 is 0 Å². The Kier molecular flexibility index (Phi) is 41.0. The second kappa shape index (κ2) is 44.0. The van der Waals surface area contributed by atoms with Crippen molar-refractivity contribution in [2.75, 3.05) is 19.7 Å². The lowest BCUT2D eigenvalue weighted by Crippen LogP contribution is -2.26. The van der Waals surface area contributed by atoms with E-state index in [1.54, 1.807) is 18.2 Å². The van der Waals surface area contributed by atoms with Crippen LogP contribution in [0.4, 0.5) is 0 Å². The fourth-order valence-corrected chi connectivity index (χ4v) is 8.34. The minimum atomic E-state index is -0.1000. The van der Waals surface area contributed by atoms with Crippen LogP contribution in [-0.4, -0.2) is 31.5 Å². The molecule has 0 atom stereocenters. The maximum absolute atomic E-state index is 13.3. The monoisotopic (exact) mass is 825 g/mol. The summed E-state index contributed by atoms with van der Waals surface area (Å²) in [7, 11) is 0. The summed E-state index contributed by atoms with van der Waals surface area (Å²) < 4.78 is 6.23. The van der Waals surface area contributed by atoms with Gasteiger partial charge in [-0.3, -0.25) is 9.59 Å². The Morgan fingerprint density at radius 3 is 1.00 bits per heavy atom. The van der Waals surface area contributed by atoms with Gasteiger partial charge in [0.15, 0.2) is 0 Å². The third kappa shape index (κ3) is 35.3. The summed E-state index contributed by atoms with van der Waals surface area (Å²) in [5.41, 5.74) is 1.11. The van der Waals surface area contributed by atoms with Crippen molar-refractivity contribution in [3.8, 4) is 5.75 Å². The van der Waals surface area contributed by atoms with E-state index >= 15 is 0 Å². The minimum Gasteiger partial charge on any atom is -0.493 e. The smallest absolute Gasteiger partial charge is 0.255 e. The van der Waals surface area contributed by atoms with E-state index in [2.05, 4.69) is 31.4 Å². The highest BCUT2D eigenvalue weighted by molar-refractivity contribution is 6.00.